The van der Waals surface area contributed by atoms with Crippen LogP contribution in [0.2, 0.25) is 0 Å². The van der Waals surface area contributed by atoms with E-state index in [1.54, 1.807) is 0 Å². The van der Waals surface area contributed by atoms with Crippen molar-refractivity contribution < 1.29 is 41.9 Å². The molecule has 0 rings (SSSR count). The average Bonchev–Trinajstić information content (AvgIpc) is 0. The van der Waals surface area contributed by atoms with Crippen LogP contribution in [-0.2, 0) is 41.9 Å². The Labute approximate surface area is 80.0 Å². The summed E-state index contributed by atoms with van der Waals surface area (Å²) in [5, 5.41) is 0. The molecule has 0 N–H and O–H groups in total. The van der Waals surface area contributed by atoms with Gasteiger partial charge in [0.25, 0.3) is 0 Å². The molecule has 4 heteroatoms. The van der Waals surface area contributed by atoms with E-state index < -0.39 is 0 Å². The van der Waals surface area contributed by atoms with Crippen LogP contribution >= 0.6 is 13.5 Å². The standard InChI is InChI=1S/Au.In.H2S.Zn/h;;1H2;. The first-order chi connectivity index (χ1) is 0. The van der Waals surface area contributed by atoms with Gasteiger partial charge >= 0.3 is 0 Å². The van der Waals surface area contributed by atoms with E-state index in [0.717, 1.165) is 0 Å². The van der Waals surface area contributed by atoms with Crippen LogP contribution in [0.25, 0.3) is 0 Å². The molecule has 0 aromatic heterocycles. The normalized spacial score (nSPS) is 0. The maximum atomic E-state index is 0. The largest absolute Gasteiger partial charge is 0.197 e. The monoisotopic (exact) mass is 410 g/mol. The first-order valence-corrected chi connectivity index (χ1v) is 0. The average molecular weight is 411 g/mol. The molecule has 4 heavy (non-hydrogen) atoms. The van der Waals surface area contributed by atoms with Crippen LogP contribution in [0.1, 0.15) is 0 Å². The van der Waals surface area contributed by atoms with Gasteiger partial charge in [-0.15, -0.1) is 0 Å². The van der Waals surface area contributed by atoms with Crippen molar-refractivity contribution in [1.82, 2.24) is 0 Å². The molecule has 24 valence electrons. The Kier molecular flexibility index (Phi) is 135. The molecule has 0 nitrogen and oxygen atoms in total. The van der Waals surface area contributed by atoms with E-state index in [2.05, 4.69) is 0 Å². The van der Waals surface area contributed by atoms with Crippen molar-refractivity contribution in [3.05, 3.63) is 0 Å². The van der Waals surface area contributed by atoms with Gasteiger partial charge in [0.05, 0.1) is 0 Å². The van der Waals surface area contributed by atoms with Gasteiger partial charge in [-0.25, -0.2) is 0 Å². The van der Waals surface area contributed by atoms with Crippen LogP contribution < -0.4 is 0 Å². The second-order valence-electron chi connectivity index (χ2n) is 0. The van der Waals surface area contributed by atoms with Crippen molar-refractivity contribution in [2.75, 3.05) is 0 Å². The summed E-state index contributed by atoms with van der Waals surface area (Å²) in [4.78, 5) is 0. The van der Waals surface area contributed by atoms with E-state index in [9.17, 15) is 0 Å². The van der Waals surface area contributed by atoms with Gasteiger partial charge in [-0.2, -0.15) is 13.5 Å². The summed E-state index contributed by atoms with van der Waals surface area (Å²) in [5.41, 5.74) is 0. The third-order valence-corrected chi connectivity index (χ3v) is 0. The quantitative estimate of drug-likeness (QED) is 0.482. The molecule has 0 heterocycles. The van der Waals surface area contributed by atoms with Gasteiger partial charge in [0.2, 0.25) is 0 Å². The molecule has 0 aliphatic rings. The fraction of sp³-hybridized carbons (Fsp3) is 0. The molecule has 0 aliphatic carbocycles. The van der Waals surface area contributed by atoms with Crippen LogP contribution in [0.5, 0.6) is 0 Å². The summed E-state index contributed by atoms with van der Waals surface area (Å²) in [6, 6.07) is 0. The molecule has 0 aliphatic heterocycles. The van der Waals surface area contributed by atoms with Gasteiger partial charge in [0.1, 0.15) is 0 Å². The molecule has 0 bridgehead atoms. The second kappa shape index (κ2) is 17.6. The molecule has 0 amide bonds. The van der Waals surface area contributed by atoms with Crippen LogP contribution in [0.4, 0.5) is 0 Å². The van der Waals surface area contributed by atoms with E-state index in [0.29, 0.717) is 0 Å². The van der Waals surface area contributed by atoms with Crippen LogP contribution in [0, 0.1) is 0 Å². The maximum absolute atomic E-state index is 0. The summed E-state index contributed by atoms with van der Waals surface area (Å²) < 4.78 is 0. The smallest absolute Gasteiger partial charge is 0 e. The Morgan fingerprint density at radius 2 is 1.00 bits per heavy atom. The Bertz CT molecular complexity index is 8.00. The first-order valence-electron chi connectivity index (χ1n) is 0. The molecular weight excluding hydrogens is 409 g/mol. The maximum Gasteiger partial charge on any atom is 0 e. The fourth-order valence-electron chi connectivity index (χ4n) is 0. The number of hydrogen-bond acceptors (Lipinski definition) is 0. The van der Waals surface area contributed by atoms with E-state index in [-0.39, 0.29) is 81.2 Å². The zero-order valence-electron chi connectivity index (χ0n) is 2.09. The minimum atomic E-state index is 0. The van der Waals surface area contributed by atoms with Gasteiger partial charge in [-0.3, -0.25) is 0 Å². The fourth-order valence-corrected chi connectivity index (χ4v) is 0. The first kappa shape index (κ1) is 30.7. The molecule has 0 spiro atoms. The number of rotatable bonds is 0. The topological polar surface area (TPSA) is 0 Å². The van der Waals surface area contributed by atoms with Gasteiger partial charge in [-0.1, -0.05) is 0 Å². The predicted molar refractivity (Wildman–Crippen MR) is 16.1 cm³/mol. The zero-order valence-corrected chi connectivity index (χ0v) is 11.5. The summed E-state index contributed by atoms with van der Waals surface area (Å²) >= 11 is 0. The summed E-state index contributed by atoms with van der Waals surface area (Å²) in [6.45, 7) is 0. The summed E-state index contributed by atoms with van der Waals surface area (Å²) in [6.07, 6.45) is 0. The molecule has 0 saturated heterocycles. The minimum Gasteiger partial charge on any atom is -0.197 e. The Morgan fingerprint density at radius 3 is 1.00 bits per heavy atom. The molecule has 0 fully saturated rings. The van der Waals surface area contributed by atoms with Gasteiger partial charge in [0.15, 0.2) is 0 Å². The van der Waals surface area contributed by atoms with E-state index in [1.165, 1.54) is 0 Å². The second-order valence-corrected chi connectivity index (χ2v) is 0. The molecule has 0 unspecified atom stereocenters. The Hall–Kier alpha value is 2.58. The minimum absolute atomic E-state index is 0. The third kappa shape index (κ3) is 8.82. The van der Waals surface area contributed by atoms with Crippen molar-refractivity contribution >= 4 is 39.3 Å². The molecule has 0 atom stereocenters. The predicted octanol–water partition coefficient (Wildman–Crippen LogP) is -0.273. The van der Waals surface area contributed by atoms with E-state index in [1.807, 2.05) is 0 Å². The Morgan fingerprint density at radius 1 is 1.00 bits per heavy atom. The van der Waals surface area contributed by atoms with Crippen molar-refractivity contribution in [3.63, 3.8) is 0 Å². The van der Waals surface area contributed by atoms with Crippen LogP contribution in [0.3, 0.4) is 0 Å². The molecule has 4 radical (unpaired) electrons. The van der Waals surface area contributed by atoms with E-state index >= 15 is 0 Å². The van der Waals surface area contributed by atoms with Crippen molar-refractivity contribution in [2.24, 2.45) is 0 Å². The molecule has 0 aromatic carbocycles. The van der Waals surface area contributed by atoms with Crippen molar-refractivity contribution in [3.8, 4) is 0 Å². The van der Waals surface area contributed by atoms with Gasteiger partial charge in [-0.05, 0) is 0 Å². The van der Waals surface area contributed by atoms with Gasteiger partial charge in [0, 0.05) is 67.7 Å². The third-order valence-electron chi connectivity index (χ3n) is 0. The molecule has 0 saturated carbocycles. The SMILES string of the molecule is S.[Au].[In].[Zn]. The van der Waals surface area contributed by atoms with E-state index in [4.69, 9.17) is 0 Å². The summed E-state index contributed by atoms with van der Waals surface area (Å²) in [7, 11) is 0. The van der Waals surface area contributed by atoms with Crippen LogP contribution in [-0.4, -0.2) is 25.8 Å². The van der Waals surface area contributed by atoms with Crippen molar-refractivity contribution in [1.29, 1.82) is 0 Å². The number of hydrogen-bond donors (Lipinski definition) is 0. The molecule has 0 aromatic rings. The van der Waals surface area contributed by atoms with Crippen molar-refractivity contribution in [2.45, 2.75) is 0 Å². The Balaban J connectivity index is 0. The zero-order chi connectivity index (χ0) is 0. The summed E-state index contributed by atoms with van der Waals surface area (Å²) in [5.74, 6) is 0. The molecular formula is H2AuInSZn. The van der Waals surface area contributed by atoms with Gasteiger partial charge < -0.3 is 0 Å². The van der Waals surface area contributed by atoms with Crippen LogP contribution in [0.15, 0.2) is 0 Å².